The van der Waals surface area contributed by atoms with Crippen LogP contribution in [-0.2, 0) is 16.0 Å². The normalized spacial score (nSPS) is 15.4. The number of nitrogens with zero attached hydrogens (tertiary/aromatic N) is 1. The Balaban J connectivity index is 1.66. The highest BCUT2D eigenvalue weighted by Crippen LogP contribution is 2.39. The smallest absolute Gasteiger partial charge is 0.290 e. The third kappa shape index (κ3) is 5.51. The molecule has 7 nitrogen and oxygen atoms in total. The summed E-state index contributed by atoms with van der Waals surface area (Å²) in [6, 6.07) is 21.3. The van der Waals surface area contributed by atoms with Gasteiger partial charge in [0.25, 0.3) is 5.91 Å². The molecule has 1 amide bonds. The van der Waals surface area contributed by atoms with Crippen molar-refractivity contribution in [1.82, 2.24) is 4.90 Å². The van der Waals surface area contributed by atoms with Gasteiger partial charge in [0.1, 0.15) is 5.75 Å². The zero-order chi connectivity index (χ0) is 26.4. The van der Waals surface area contributed by atoms with E-state index in [1.165, 1.54) is 11.0 Å². The molecule has 0 spiro atoms. The quantitative estimate of drug-likeness (QED) is 0.398. The van der Waals surface area contributed by atoms with Crippen molar-refractivity contribution < 1.29 is 28.9 Å². The van der Waals surface area contributed by atoms with Crippen molar-refractivity contribution in [2.75, 3.05) is 27.9 Å². The van der Waals surface area contributed by atoms with Crippen LogP contribution < -0.4 is 14.2 Å². The second-order valence-corrected chi connectivity index (χ2v) is 8.49. The third-order valence-corrected chi connectivity index (χ3v) is 6.29. The number of carbonyl (C=O) groups is 2. The summed E-state index contributed by atoms with van der Waals surface area (Å²) >= 11 is 0. The summed E-state index contributed by atoms with van der Waals surface area (Å²) in [5.41, 5.74) is 2.46. The molecule has 1 heterocycles. The van der Waals surface area contributed by atoms with E-state index in [1.54, 1.807) is 51.7 Å². The Bertz CT molecular complexity index is 1350. The molecule has 0 unspecified atom stereocenters. The zero-order valence-corrected chi connectivity index (χ0v) is 21.0. The highest BCUT2D eigenvalue weighted by molar-refractivity contribution is 6.14. The minimum Gasteiger partial charge on any atom is -0.503 e. The predicted molar refractivity (Wildman–Crippen MR) is 141 cm³/mol. The molecule has 4 rings (SSSR count). The first-order valence-electron chi connectivity index (χ1n) is 11.8. The fourth-order valence-electron chi connectivity index (χ4n) is 4.41. The van der Waals surface area contributed by atoms with Gasteiger partial charge in [0, 0.05) is 6.54 Å². The van der Waals surface area contributed by atoms with Crippen LogP contribution in [0.15, 0.2) is 90.2 Å². The van der Waals surface area contributed by atoms with Crippen molar-refractivity contribution in [3.8, 4) is 17.2 Å². The van der Waals surface area contributed by atoms with Crippen molar-refractivity contribution in [1.29, 1.82) is 0 Å². The van der Waals surface area contributed by atoms with E-state index in [-0.39, 0.29) is 12.1 Å². The lowest BCUT2D eigenvalue weighted by atomic mass is 9.95. The number of hydrogen-bond donors (Lipinski definition) is 1. The lowest BCUT2D eigenvalue weighted by molar-refractivity contribution is -0.129. The number of aliphatic hydroxyl groups is 1. The molecule has 37 heavy (non-hydrogen) atoms. The van der Waals surface area contributed by atoms with Gasteiger partial charge in [0.15, 0.2) is 23.0 Å². The van der Waals surface area contributed by atoms with Crippen LogP contribution in [0.5, 0.6) is 17.2 Å². The number of carbonyl (C=O) groups excluding carboxylic acids is 2. The summed E-state index contributed by atoms with van der Waals surface area (Å²) in [6.45, 7) is 0.263. The molecule has 0 saturated heterocycles. The van der Waals surface area contributed by atoms with Gasteiger partial charge in [0.2, 0.25) is 0 Å². The van der Waals surface area contributed by atoms with E-state index >= 15 is 0 Å². The lowest BCUT2D eigenvalue weighted by Crippen LogP contribution is -2.33. The van der Waals surface area contributed by atoms with Gasteiger partial charge >= 0.3 is 0 Å². The molecule has 0 saturated carbocycles. The fourth-order valence-corrected chi connectivity index (χ4v) is 4.41. The first-order valence-corrected chi connectivity index (χ1v) is 11.8. The number of benzene rings is 3. The Hall–Kier alpha value is -4.52. The maximum Gasteiger partial charge on any atom is 0.290 e. The van der Waals surface area contributed by atoms with E-state index in [0.717, 1.165) is 11.1 Å². The van der Waals surface area contributed by atoms with Gasteiger partial charge < -0.3 is 24.2 Å². The summed E-state index contributed by atoms with van der Waals surface area (Å²) in [5.74, 6) is 0.210. The molecule has 0 fully saturated rings. The zero-order valence-electron chi connectivity index (χ0n) is 21.0. The number of aliphatic hydroxyl groups excluding tert-OH is 1. The van der Waals surface area contributed by atoms with Crippen LogP contribution >= 0.6 is 0 Å². The Kier molecular flexibility index (Phi) is 7.93. The Morgan fingerprint density at radius 2 is 1.68 bits per heavy atom. The van der Waals surface area contributed by atoms with Gasteiger partial charge in [0.05, 0.1) is 32.9 Å². The van der Waals surface area contributed by atoms with E-state index in [2.05, 4.69) is 0 Å². The summed E-state index contributed by atoms with van der Waals surface area (Å²) in [7, 11) is 4.68. The first kappa shape index (κ1) is 25.6. The van der Waals surface area contributed by atoms with E-state index < -0.39 is 23.5 Å². The van der Waals surface area contributed by atoms with Crippen LogP contribution in [0.25, 0.3) is 6.08 Å². The molecule has 3 aromatic carbocycles. The Labute approximate surface area is 216 Å². The summed E-state index contributed by atoms with van der Waals surface area (Å²) in [5, 5.41) is 10.9. The number of allylic oxidation sites excluding steroid dienone is 1. The minimum absolute atomic E-state index is 0.0396. The van der Waals surface area contributed by atoms with E-state index in [0.29, 0.717) is 29.2 Å². The monoisotopic (exact) mass is 499 g/mol. The first-order chi connectivity index (χ1) is 18.0. The molecular weight excluding hydrogens is 470 g/mol. The van der Waals surface area contributed by atoms with Crippen molar-refractivity contribution in [3.63, 3.8) is 0 Å². The summed E-state index contributed by atoms with van der Waals surface area (Å²) in [6.07, 6.45) is 3.53. The predicted octanol–water partition coefficient (Wildman–Crippen LogP) is 4.93. The van der Waals surface area contributed by atoms with Crippen LogP contribution in [0.2, 0.25) is 0 Å². The molecule has 3 aromatic rings. The number of rotatable bonds is 10. The number of ether oxygens (including phenoxy) is 3. The number of hydrogen-bond acceptors (Lipinski definition) is 6. The van der Waals surface area contributed by atoms with E-state index in [4.69, 9.17) is 14.2 Å². The Morgan fingerprint density at radius 1 is 0.919 bits per heavy atom. The molecule has 0 aromatic heterocycles. The highest BCUT2D eigenvalue weighted by Gasteiger charge is 2.42. The largest absolute Gasteiger partial charge is 0.503 e. The topological polar surface area (TPSA) is 85.3 Å². The molecule has 1 aliphatic rings. The van der Waals surface area contributed by atoms with Crippen molar-refractivity contribution >= 4 is 17.8 Å². The summed E-state index contributed by atoms with van der Waals surface area (Å²) < 4.78 is 16.1. The Morgan fingerprint density at radius 3 is 2.38 bits per heavy atom. The second kappa shape index (κ2) is 11.5. The van der Waals surface area contributed by atoms with Crippen molar-refractivity contribution in [2.24, 2.45) is 0 Å². The standard InChI is InChI=1S/C30H29NO6/c1-35-23-11-7-10-22(19-23)28-27(24(32)14-12-20-8-5-4-6-9-20)29(33)30(34)31(28)17-16-21-13-15-25(36-2)26(18-21)37-3/h4-15,18-19,28,33H,16-17H2,1-3H3/b14-12+/t28-/m0/s1. The summed E-state index contributed by atoms with van der Waals surface area (Å²) in [4.78, 5) is 28.1. The number of methoxy groups -OCH3 is 3. The van der Waals surface area contributed by atoms with Gasteiger partial charge in [-0.25, -0.2) is 0 Å². The van der Waals surface area contributed by atoms with Gasteiger partial charge in [-0.05, 0) is 53.5 Å². The van der Waals surface area contributed by atoms with Crippen molar-refractivity contribution in [2.45, 2.75) is 12.5 Å². The third-order valence-electron chi connectivity index (χ3n) is 6.29. The van der Waals surface area contributed by atoms with Crippen LogP contribution in [0.3, 0.4) is 0 Å². The van der Waals surface area contributed by atoms with Gasteiger partial charge in [-0.2, -0.15) is 0 Å². The maximum atomic E-state index is 13.3. The molecule has 1 aliphatic heterocycles. The van der Waals surface area contributed by atoms with Gasteiger partial charge in [-0.1, -0.05) is 54.6 Å². The minimum atomic E-state index is -0.768. The van der Waals surface area contributed by atoms with Crippen LogP contribution in [0.4, 0.5) is 0 Å². The van der Waals surface area contributed by atoms with Crippen LogP contribution in [0.1, 0.15) is 22.7 Å². The highest BCUT2D eigenvalue weighted by atomic mass is 16.5. The molecule has 1 atom stereocenters. The SMILES string of the molecule is COc1cccc([C@H]2C(C(=O)/C=C/c3ccccc3)=C(O)C(=O)N2CCc2ccc(OC)c(OC)c2)c1. The van der Waals surface area contributed by atoms with Crippen LogP contribution in [0, 0.1) is 0 Å². The van der Waals surface area contributed by atoms with Gasteiger partial charge in [-0.3, -0.25) is 9.59 Å². The lowest BCUT2D eigenvalue weighted by Gasteiger charge is -2.27. The number of amides is 1. The maximum absolute atomic E-state index is 13.3. The fraction of sp³-hybridized carbons (Fsp3) is 0.200. The molecule has 0 radical (unpaired) electrons. The van der Waals surface area contributed by atoms with Crippen molar-refractivity contribution in [3.05, 3.63) is 107 Å². The molecule has 1 N–H and O–H groups in total. The van der Waals surface area contributed by atoms with E-state index in [1.807, 2.05) is 48.5 Å². The molecule has 0 bridgehead atoms. The second-order valence-electron chi connectivity index (χ2n) is 8.49. The number of ketones is 1. The van der Waals surface area contributed by atoms with E-state index in [9.17, 15) is 14.7 Å². The van der Waals surface area contributed by atoms with Crippen LogP contribution in [-0.4, -0.2) is 49.6 Å². The molecule has 7 heteroatoms. The average molecular weight is 500 g/mol. The molecular formula is C30H29NO6. The van der Waals surface area contributed by atoms with Gasteiger partial charge in [-0.15, -0.1) is 0 Å². The molecule has 190 valence electrons. The average Bonchev–Trinajstić information content (AvgIpc) is 3.20. The molecule has 0 aliphatic carbocycles.